The van der Waals surface area contributed by atoms with Gasteiger partial charge in [-0.25, -0.2) is 0 Å². The summed E-state index contributed by atoms with van der Waals surface area (Å²) in [5, 5.41) is 6.73. The number of thiol groups is 1. The number of amides is 1. The largest absolute Gasteiger partial charge is 0.307 e. The number of rotatable bonds is 2. The Morgan fingerprint density at radius 2 is 2.12 bits per heavy atom. The third-order valence-corrected chi connectivity index (χ3v) is 2.60. The van der Waals surface area contributed by atoms with Gasteiger partial charge in [-0.3, -0.25) is 9.48 Å². The van der Waals surface area contributed by atoms with Gasteiger partial charge in [-0.1, -0.05) is 12.1 Å². The molecule has 1 N–H and O–H groups in total. The van der Waals surface area contributed by atoms with Crippen molar-refractivity contribution in [2.24, 2.45) is 7.05 Å². The number of nitrogens with one attached hydrogen (secondary N) is 1. The van der Waals surface area contributed by atoms with Gasteiger partial charge in [-0.2, -0.15) is 5.10 Å². The van der Waals surface area contributed by atoms with E-state index < -0.39 is 0 Å². The molecule has 0 spiro atoms. The van der Waals surface area contributed by atoms with Crippen LogP contribution in [0.4, 0.5) is 5.82 Å². The zero-order valence-electron chi connectivity index (χ0n) is 8.71. The van der Waals surface area contributed by atoms with Crippen molar-refractivity contribution in [1.29, 1.82) is 0 Å². The van der Waals surface area contributed by atoms with Crippen molar-refractivity contribution in [1.82, 2.24) is 9.78 Å². The van der Waals surface area contributed by atoms with Crippen molar-refractivity contribution < 1.29 is 4.79 Å². The van der Waals surface area contributed by atoms with Crippen LogP contribution in [0.3, 0.4) is 0 Å². The Hall–Kier alpha value is -1.75. The third-order valence-electron chi connectivity index (χ3n) is 2.21. The van der Waals surface area contributed by atoms with Crippen molar-refractivity contribution in [3.8, 4) is 0 Å². The Morgan fingerprint density at radius 3 is 2.75 bits per heavy atom. The predicted octanol–water partition coefficient (Wildman–Crippen LogP) is 1.96. The predicted molar refractivity (Wildman–Crippen MR) is 64.9 cm³/mol. The first-order valence-corrected chi connectivity index (χ1v) is 5.20. The van der Waals surface area contributed by atoms with Gasteiger partial charge in [0.05, 0.1) is 11.8 Å². The molecule has 4 nitrogen and oxygen atoms in total. The topological polar surface area (TPSA) is 46.9 Å². The summed E-state index contributed by atoms with van der Waals surface area (Å²) in [6, 6.07) is 8.88. The van der Waals surface area contributed by atoms with Crippen LogP contribution < -0.4 is 5.32 Å². The zero-order valence-corrected chi connectivity index (χ0v) is 9.61. The van der Waals surface area contributed by atoms with E-state index >= 15 is 0 Å². The SMILES string of the molecule is Cn1nccc1NC(=O)c1ccccc1S. The van der Waals surface area contributed by atoms with Gasteiger partial charge >= 0.3 is 0 Å². The van der Waals surface area contributed by atoms with Crippen molar-refractivity contribution in [2.75, 3.05) is 5.32 Å². The maximum Gasteiger partial charge on any atom is 0.257 e. The number of aryl methyl sites for hydroxylation is 1. The molecule has 1 heterocycles. The molecule has 0 atom stereocenters. The Balaban J connectivity index is 2.22. The van der Waals surface area contributed by atoms with Crippen LogP contribution in [0.15, 0.2) is 41.4 Å². The van der Waals surface area contributed by atoms with E-state index in [9.17, 15) is 4.79 Å². The van der Waals surface area contributed by atoms with E-state index in [-0.39, 0.29) is 5.91 Å². The highest BCUT2D eigenvalue weighted by atomic mass is 32.1. The minimum Gasteiger partial charge on any atom is -0.307 e. The van der Waals surface area contributed by atoms with Crippen LogP contribution in [0, 0.1) is 0 Å². The number of nitrogens with zero attached hydrogens (tertiary/aromatic N) is 2. The normalized spacial score (nSPS) is 10.1. The first-order chi connectivity index (χ1) is 7.68. The highest BCUT2D eigenvalue weighted by Crippen LogP contribution is 2.14. The molecule has 1 amide bonds. The summed E-state index contributed by atoms with van der Waals surface area (Å²) < 4.78 is 1.60. The van der Waals surface area contributed by atoms with Gasteiger partial charge in [0.2, 0.25) is 0 Å². The fraction of sp³-hybridized carbons (Fsp3) is 0.0909. The van der Waals surface area contributed by atoms with Crippen LogP contribution in [0.25, 0.3) is 0 Å². The number of carbonyl (C=O) groups is 1. The van der Waals surface area contributed by atoms with E-state index in [1.807, 2.05) is 6.07 Å². The van der Waals surface area contributed by atoms with Crippen LogP contribution in [0.5, 0.6) is 0 Å². The second-order valence-electron chi connectivity index (χ2n) is 3.31. The number of aromatic nitrogens is 2. The fourth-order valence-electron chi connectivity index (χ4n) is 1.35. The summed E-state index contributed by atoms with van der Waals surface area (Å²) in [6.45, 7) is 0. The molecular formula is C11H11N3OS. The molecule has 82 valence electrons. The number of anilines is 1. The number of benzene rings is 1. The average Bonchev–Trinajstić information content (AvgIpc) is 2.65. The molecule has 0 saturated carbocycles. The minimum absolute atomic E-state index is 0.186. The molecule has 0 saturated heterocycles. The molecular weight excluding hydrogens is 222 g/mol. The van der Waals surface area contributed by atoms with E-state index in [0.29, 0.717) is 16.3 Å². The molecule has 1 aromatic carbocycles. The average molecular weight is 233 g/mol. The number of hydrogen-bond acceptors (Lipinski definition) is 3. The smallest absolute Gasteiger partial charge is 0.257 e. The quantitative estimate of drug-likeness (QED) is 0.779. The van der Waals surface area contributed by atoms with E-state index in [1.165, 1.54) is 0 Å². The molecule has 0 aliphatic carbocycles. The zero-order chi connectivity index (χ0) is 11.5. The van der Waals surface area contributed by atoms with Gasteiger partial charge in [0.15, 0.2) is 0 Å². The minimum atomic E-state index is -0.186. The summed E-state index contributed by atoms with van der Waals surface area (Å²) >= 11 is 4.23. The van der Waals surface area contributed by atoms with Gasteiger partial charge in [-0.05, 0) is 12.1 Å². The fourth-order valence-corrected chi connectivity index (χ4v) is 1.61. The second-order valence-corrected chi connectivity index (χ2v) is 3.79. The third kappa shape index (κ3) is 2.09. The molecule has 1 aromatic heterocycles. The van der Waals surface area contributed by atoms with E-state index in [1.54, 1.807) is 42.2 Å². The molecule has 2 rings (SSSR count). The number of carbonyl (C=O) groups excluding carboxylic acids is 1. The van der Waals surface area contributed by atoms with E-state index in [2.05, 4.69) is 23.0 Å². The lowest BCUT2D eigenvalue weighted by atomic mass is 10.2. The van der Waals surface area contributed by atoms with Gasteiger partial charge in [0, 0.05) is 18.0 Å². The lowest BCUT2D eigenvalue weighted by Crippen LogP contribution is -2.15. The Kier molecular flexibility index (Phi) is 2.96. The summed E-state index contributed by atoms with van der Waals surface area (Å²) in [6.07, 6.45) is 1.63. The highest BCUT2D eigenvalue weighted by molar-refractivity contribution is 7.80. The molecule has 5 heteroatoms. The lowest BCUT2D eigenvalue weighted by Gasteiger charge is -2.06. The van der Waals surface area contributed by atoms with Crippen LogP contribution in [-0.4, -0.2) is 15.7 Å². The van der Waals surface area contributed by atoms with Gasteiger partial charge < -0.3 is 5.32 Å². The van der Waals surface area contributed by atoms with Crippen LogP contribution in [0.1, 0.15) is 10.4 Å². The highest BCUT2D eigenvalue weighted by Gasteiger charge is 2.10. The molecule has 0 bridgehead atoms. The maximum atomic E-state index is 11.9. The lowest BCUT2D eigenvalue weighted by molar-refractivity contribution is 0.102. The van der Waals surface area contributed by atoms with Crippen molar-refractivity contribution in [3.63, 3.8) is 0 Å². The Labute approximate surface area is 98.7 Å². The molecule has 0 aliphatic rings. The second kappa shape index (κ2) is 4.40. The van der Waals surface area contributed by atoms with E-state index in [4.69, 9.17) is 0 Å². The van der Waals surface area contributed by atoms with Crippen LogP contribution in [-0.2, 0) is 7.05 Å². The maximum absolute atomic E-state index is 11.9. The van der Waals surface area contributed by atoms with Gasteiger partial charge in [0.25, 0.3) is 5.91 Å². The molecule has 16 heavy (non-hydrogen) atoms. The van der Waals surface area contributed by atoms with Crippen molar-refractivity contribution >= 4 is 24.4 Å². The monoisotopic (exact) mass is 233 g/mol. The Morgan fingerprint density at radius 1 is 1.38 bits per heavy atom. The molecule has 0 fully saturated rings. The van der Waals surface area contributed by atoms with Crippen LogP contribution in [0.2, 0.25) is 0 Å². The molecule has 2 aromatic rings. The summed E-state index contributed by atoms with van der Waals surface area (Å²) in [5.41, 5.74) is 0.548. The first-order valence-electron chi connectivity index (χ1n) is 4.76. The standard InChI is InChI=1S/C11H11N3OS/c1-14-10(6-7-12-14)13-11(15)8-4-2-3-5-9(8)16/h2-7,16H,1H3,(H,13,15). The van der Waals surface area contributed by atoms with Gasteiger partial charge in [0.1, 0.15) is 5.82 Å². The summed E-state index contributed by atoms with van der Waals surface area (Å²) in [5.74, 6) is 0.468. The summed E-state index contributed by atoms with van der Waals surface area (Å²) in [7, 11) is 1.77. The van der Waals surface area contributed by atoms with Gasteiger partial charge in [-0.15, -0.1) is 12.6 Å². The number of hydrogen-bond donors (Lipinski definition) is 2. The molecule has 0 unspecified atom stereocenters. The van der Waals surface area contributed by atoms with Crippen molar-refractivity contribution in [2.45, 2.75) is 4.90 Å². The molecule has 0 aliphatic heterocycles. The van der Waals surface area contributed by atoms with E-state index in [0.717, 1.165) is 0 Å². The summed E-state index contributed by atoms with van der Waals surface area (Å²) in [4.78, 5) is 12.5. The van der Waals surface area contributed by atoms with Crippen LogP contribution >= 0.6 is 12.6 Å². The molecule has 0 radical (unpaired) electrons. The first kappa shape index (κ1) is 10.8. The van der Waals surface area contributed by atoms with Crippen molar-refractivity contribution in [3.05, 3.63) is 42.1 Å². The Bertz CT molecular complexity index is 521.